The van der Waals surface area contributed by atoms with E-state index >= 15 is 0 Å². The maximum absolute atomic E-state index is 5.34. The Morgan fingerprint density at radius 1 is 0.352 bits per heavy atom. The number of para-hydroxylation sites is 3. The molecule has 0 saturated carbocycles. The first-order valence-electron chi connectivity index (χ1n) is 18.3. The van der Waals surface area contributed by atoms with Crippen molar-refractivity contribution in [3.05, 3.63) is 194 Å². The maximum Gasteiger partial charge on any atom is 0.160 e. The molecule has 0 N–H and O–H groups in total. The smallest absolute Gasteiger partial charge is 0.160 e. The molecule has 11 aromatic rings. The van der Waals surface area contributed by atoms with Crippen molar-refractivity contribution in [2.24, 2.45) is 0 Å². The van der Waals surface area contributed by atoms with E-state index in [-0.39, 0.29) is 0 Å². The Kier molecular flexibility index (Phi) is 6.82. The Balaban J connectivity index is 1.07. The number of hydrogen-bond acceptors (Lipinski definition) is 2. The molecule has 54 heavy (non-hydrogen) atoms. The average Bonchev–Trinajstić information content (AvgIpc) is 3.83. The Bertz CT molecular complexity index is 3190. The predicted octanol–water partition coefficient (Wildman–Crippen LogP) is 12.8. The lowest BCUT2D eigenvalue weighted by molar-refractivity contribution is 1.13. The molecule has 0 amide bonds. The summed E-state index contributed by atoms with van der Waals surface area (Å²) in [6, 6.07) is 66.8. The number of aromatic nitrogens is 4. The van der Waals surface area contributed by atoms with E-state index < -0.39 is 0 Å². The van der Waals surface area contributed by atoms with E-state index in [2.05, 4.69) is 203 Å². The van der Waals surface area contributed by atoms with Crippen LogP contribution in [0, 0.1) is 0 Å². The van der Waals surface area contributed by atoms with Crippen molar-refractivity contribution in [1.29, 1.82) is 0 Å². The first-order chi connectivity index (χ1) is 26.8. The van der Waals surface area contributed by atoms with E-state index in [9.17, 15) is 0 Å². The maximum atomic E-state index is 5.34. The molecular weight excluding hydrogens is 657 g/mol. The molecule has 0 spiro atoms. The SMILES string of the molecule is c1ccc(-c2ccc(-c3nc(-c4ccc(-n5c6ccccc6c6ccc7c(ccn7-c7ccccc7)c65)cc4)nc4ccccc34)c3ccccc23)cc1. The van der Waals surface area contributed by atoms with Gasteiger partial charge in [0.1, 0.15) is 0 Å². The third-order valence-electron chi connectivity index (χ3n) is 10.8. The summed E-state index contributed by atoms with van der Waals surface area (Å²) in [4.78, 5) is 10.5. The molecule has 3 heterocycles. The lowest BCUT2D eigenvalue weighted by atomic mass is 9.93. The summed E-state index contributed by atoms with van der Waals surface area (Å²) >= 11 is 0. The van der Waals surface area contributed by atoms with Crippen LogP contribution in [0.3, 0.4) is 0 Å². The first kappa shape index (κ1) is 30.3. The third-order valence-corrected chi connectivity index (χ3v) is 10.8. The van der Waals surface area contributed by atoms with Gasteiger partial charge in [0.05, 0.1) is 27.8 Å². The molecule has 0 aliphatic rings. The van der Waals surface area contributed by atoms with Gasteiger partial charge in [0.2, 0.25) is 0 Å². The summed E-state index contributed by atoms with van der Waals surface area (Å²) in [7, 11) is 0. The summed E-state index contributed by atoms with van der Waals surface area (Å²) in [5, 5.41) is 7.09. The minimum Gasteiger partial charge on any atom is -0.316 e. The van der Waals surface area contributed by atoms with Gasteiger partial charge in [-0.1, -0.05) is 127 Å². The Hall–Kier alpha value is -7.30. The second-order valence-electron chi connectivity index (χ2n) is 13.8. The molecule has 0 unspecified atom stereocenters. The minimum atomic E-state index is 0.705. The van der Waals surface area contributed by atoms with Gasteiger partial charge in [0, 0.05) is 50.2 Å². The monoisotopic (exact) mass is 688 g/mol. The molecule has 4 nitrogen and oxygen atoms in total. The highest BCUT2D eigenvalue weighted by atomic mass is 15.0. The quantitative estimate of drug-likeness (QED) is 0.180. The van der Waals surface area contributed by atoms with Crippen molar-refractivity contribution < 1.29 is 0 Å². The molecule has 0 bridgehead atoms. The van der Waals surface area contributed by atoms with Crippen LogP contribution in [0.1, 0.15) is 0 Å². The summed E-state index contributed by atoms with van der Waals surface area (Å²) in [5.74, 6) is 0.705. The molecule has 0 aliphatic heterocycles. The van der Waals surface area contributed by atoms with Gasteiger partial charge in [-0.2, -0.15) is 0 Å². The van der Waals surface area contributed by atoms with Gasteiger partial charge >= 0.3 is 0 Å². The van der Waals surface area contributed by atoms with Crippen LogP contribution in [0.15, 0.2) is 194 Å². The summed E-state index contributed by atoms with van der Waals surface area (Å²) in [6.07, 6.45) is 2.18. The number of nitrogens with zero attached hydrogens (tertiary/aromatic N) is 4. The molecule has 3 aromatic heterocycles. The van der Waals surface area contributed by atoms with E-state index in [0.29, 0.717) is 5.82 Å². The van der Waals surface area contributed by atoms with E-state index in [1.807, 2.05) is 0 Å². The normalized spacial score (nSPS) is 11.7. The molecule has 0 atom stereocenters. The van der Waals surface area contributed by atoms with Crippen LogP contribution in [0.5, 0.6) is 0 Å². The van der Waals surface area contributed by atoms with Crippen LogP contribution in [0.25, 0.3) is 99.5 Å². The lowest BCUT2D eigenvalue weighted by Gasteiger charge is -2.14. The Morgan fingerprint density at radius 3 is 1.80 bits per heavy atom. The van der Waals surface area contributed by atoms with E-state index in [1.54, 1.807) is 0 Å². The fraction of sp³-hybridized carbons (Fsp3) is 0. The zero-order chi connectivity index (χ0) is 35.6. The van der Waals surface area contributed by atoms with Crippen molar-refractivity contribution in [2.45, 2.75) is 0 Å². The molecule has 252 valence electrons. The van der Waals surface area contributed by atoms with Crippen LogP contribution < -0.4 is 0 Å². The van der Waals surface area contributed by atoms with Gasteiger partial charge in [-0.3, -0.25) is 0 Å². The second kappa shape index (κ2) is 12.1. The largest absolute Gasteiger partial charge is 0.316 e. The fourth-order valence-corrected chi connectivity index (χ4v) is 8.30. The Labute approximate surface area is 311 Å². The van der Waals surface area contributed by atoms with Crippen LogP contribution in [-0.2, 0) is 0 Å². The van der Waals surface area contributed by atoms with Crippen molar-refractivity contribution in [2.75, 3.05) is 0 Å². The van der Waals surface area contributed by atoms with Gasteiger partial charge in [-0.05, 0) is 82.6 Å². The first-order valence-corrected chi connectivity index (χ1v) is 18.3. The third kappa shape index (κ3) is 4.70. The van der Waals surface area contributed by atoms with Gasteiger partial charge in [0.25, 0.3) is 0 Å². The molecule has 0 saturated heterocycles. The Morgan fingerprint density at radius 2 is 1.00 bits per heavy atom. The highest BCUT2D eigenvalue weighted by Crippen LogP contribution is 2.40. The number of rotatable bonds is 5. The zero-order valence-corrected chi connectivity index (χ0v) is 29.3. The van der Waals surface area contributed by atoms with Gasteiger partial charge in [0.15, 0.2) is 5.82 Å². The predicted molar refractivity (Wildman–Crippen MR) is 225 cm³/mol. The molecule has 4 heteroatoms. The standard InChI is InChI=1S/C50H32N4/c1-3-13-33(14-4-1)37-27-28-41(39-18-8-7-17-38(37)39)48-43-20-9-11-21-45(43)51-50(52-48)34-23-25-36(26-24-34)54-47-22-12-10-19-40(47)42-29-30-46-44(49(42)54)31-32-53(46)35-15-5-2-6-16-35/h1-32H. The average molecular weight is 689 g/mol. The van der Waals surface area contributed by atoms with Gasteiger partial charge < -0.3 is 9.13 Å². The van der Waals surface area contributed by atoms with Crippen LogP contribution in [0.2, 0.25) is 0 Å². The molecular formula is C50H32N4. The number of fused-ring (bicyclic) bond motifs is 7. The van der Waals surface area contributed by atoms with Gasteiger partial charge in [-0.15, -0.1) is 0 Å². The highest BCUT2D eigenvalue weighted by Gasteiger charge is 2.19. The lowest BCUT2D eigenvalue weighted by Crippen LogP contribution is -1.98. The zero-order valence-electron chi connectivity index (χ0n) is 29.3. The van der Waals surface area contributed by atoms with E-state index in [4.69, 9.17) is 9.97 Å². The summed E-state index contributed by atoms with van der Waals surface area (Å²) in [5.41, 5.74) is 12.1. The van der Waals surface area contributed by atoms with Gasteiger partial charge in [-0.25, -0.2) is 9.97 Å². The van der Waals surface area contributed by atoms with Crippen LogP contribution in [-0.4, -0.2) is 19.1 Å². The van der Waals surface area contributed by atoms with Crippen molar-refractivity contribution in [1.82, 2.24) is 19.1 Å². The summed E-state index contributed by atoms with van der Waals surface area (Å²) < 4.78 is 4.67. The molecule has 8 aromatic carbocycles. The van der Waals surface area contributed by atoms with Crippen LogP contribution >= 0.6 is 0 Å². The van der Waals surface area contributed by atoms with Crippen molar-refractivity contribution >= 4 is 54.4 Å². The summed E-state index contributed by atoms with van der Waals surface area (Å²) in [6.45, 7) is 0. The molecule has 0 aliphatic carbocycles. The number of benzene rings is 8. The van der Waals surface area contributed by atoms with Crippen molar-refractivity contribution in [3.8, 4) is 45.1 Å². The number of hydrogen-bond donors (Lipinski definition) is 0. The highest BCUT2D eigenvalue weighted by molar-refractivity contribution is 6.18. The topological polar surface area (TPSA) is 35.6 Å². The van der Waals surface area contributed by atoms with E-state index in [0.717, 1.165) is 39.1 Å². The van der Waals surface area contributed by atoms with Crippen molar-refractivity contribution in [3.63, 3.8) is 0 Å². The molecule has 11 rings (SSSR count). The minimum absolute atomic E-state index is 0.705. The fourth-order valence-electron chi connectivity index (χ4n) is 8.30. The second-order valence-corrected chi connectivity index (χ2v) is 13.8. The van der Waals surface area contributed by atoms with E-state index in [1.165, 1.54) is 54.6 Å². The van der Waals surface area contributed by atoms with Crippen LogP contribution in [0.4, 0.5) is 0 Å². The molecule has 0 fully saturated rings. The molecule has 0 radical (unpaired) electrons.